The molecule has 0 radical (unpaired) electrons. The van der Waals surface area contributed by atoms with Crippen LogP contribution in [0.4, 0.5) is 19.0 Å². The average molecular weight is 575 g/mol. The highest BCUT2D eigenvalue weighted by molar-refractivity contribution is 7.16. The van der Waals surface area contributed by atoms with E-state index in [1.807, 2.05) is 31.2 Å². The Bertz CT molecular complexity index is 1960. The number of hydrogen-bond donors (Lipinski definition) is 1. The highest BCUT2D eigenvalue weighted by Gasteiger charge is 2.36. The number of nitrogens with zero attached hydrogens (tertiary/aromatic N) is 5. The van der Waals surface area contributed by atoms with Gasteiger partial charge in [0.1, 0.15) is 22.2 Å². The summed E-state index contributed by atoms with van der Waals surface area (Å²) in [4.78, 5) is 31.9. The molecule has 0 fully saturated rings. The first kappa shape index (κ1) is 26.4. The van der Waals surface area contributed by atoms with Gasteiger partial charge in [0.05, 0.1) is 24.0 Å². The summed E-state index contributed by atoms with van der Waals surface area (Å²) in [5, 5.41) is 4.18. The Hall–Kier alpha value is -4.84. The van der Waals surface area contributed by atoms with Gasteiger partial charge in [0.25, 0.3) is 5.56 Å². The molecule has 6 rings (SSSR count). The highest BCUT2D eigenvalue weighted by atomic mass is 32.1. The Balaban J connectivity index is 1.57. The fraction of sp³-hybridized carbons (Fsp3) is 0.138. The molecule has 41 heavy (non-hydrogen) atoms. The van der Waals surface area contributed by atoms with Gasteiger partial charge in [-0.25, -0.2) is 19.9 Å². The molecule has 4 aromatic heterocycles. The summed E-state index contributed by atoms with van der Waals surface area (Å²) < 4.78 is 47.8. The van der Waals surface area contributed by atoms with Crippen molar-refractivity contribution in [2.45, 2.75) is 19.1 Å². The number of nitrogens with one attached hydrogen (secondary N) is 1. The first-order chi connectivity index (χ1) is 19.8. The number of fused-ring (bicyclic) bond motifs is 2. The second-order valence-electron chi connectivity index (χ2n) is 9.19. The molecule has 0 aliphatic rings. The van der Waals surface area contributed by atoms with E-state index in [-0.39, 0.29) is 16.5 Å². The van der Waals surface area contributed by atoms with Crippen LogP contribution < -0.4 is 15.6 Å². The lowest BCUT2D eigenvalue weighted by Crippen LogP contribution is -2.26. The number of para-hydroxylation sites is 1. The van der Waals surface area contributed by atoms with E-state index < -0.39 is 23.7 Å². The molecule has 8 nitrogen and oxygen atoms in total. The van der Waals surface area contributed by atoms with Crippen LogP contribution in [0.25, 0.3) is 37.9 Å². The lowest BCUT2D eigenvalue weighted by Gasteiger charge is -2.22. The maximum atomic E-state index is 14.3. The molecule has 0 aliphatic heterocycles. The van der Waals surface area contributed by atoms with E-state index in [0.29, 0.717) is 33.7 Å². The number of rotatable bonds is 6. The summed E-state index contributed by atoms with van der Waals surface area (Å²) in [6, 6.07) is 16.5. The van der Waals surface area contributed by atoms with E-state index in [1.54, 1.807) is 40.4 Å². The van der Waals surface area contributed by atoms with Crippen molar-refractivity contribution < 1.29 is 17.9 Å². The van der Waals surface area contributed by atoms with E-state index in [0.717, 1.165) is 18.0 Å². The highest BCUT2D eigenvalue weighted by Crippen LogP contribution is 2.38. The minimum Gasteiger partial charge on any atom is -0.481 e. The molecule has 0 amide bonds. The van der Waals surface area contributed by atoms with Crippen molar-refractivity contribution in [3.8, 4) is 22.7 Å². The summed E-state index contributed by atoms with van der Waals surface area (Å²) >= 11 is 1.39. The van der Waals surface area contributed by atoms with Gasteiger partial charge in [-0.1, -0.05) is 36.4 Å². The quantitative estimate of drug-likeness (QED) is 0.238. The number of ether oxygens (including phenoxy) is 1. The van der Waals surface area contributed by atoms with Crippen molar-refractivity contribution in [3.05, 3.63) is 100 Å². The molecule has 206 valence electrons. The van der Waals surface area contributed by atoms with Crippen molar-refractivity contribution in [1.29, 1.82) is 0 Å². The van der Waals surface area contributed by atoms with Crippen LogP contribution in [0.2, 0.25) is 0 Å². The van der Waals surface area contributed by atoms with Crippen molar-refractivity contribution in [3.63, 3.8) is 0 Å². The van der Waals surface area contributed by atoms with Crippen LogP contribution >= 0.6 is 11.3 Å². The van der Waals surface area contributed by atoms with E-state index in [9.17, 15) is 18.0 Å². The number of thiazole rings is 1. The number of halogens is 3. The van der Waals surface area contributed by atoms with Crippen LogP contribution in [0.3, 0.4) is 0 Å². The predicted molar refractivity (Wildman–Crippen MR) is 152 cm³/mol. The average Bonchev–Trinajstić information content (AvgIpc) is 3.46. The molecule has 0 aliphatic carbocycles. The van der Waals surface area contributed by atoms with Crippen LogP contribution in [0.1, 0.15) is 24.2 Å². The van der Waals surface area contributed by atoms with Gasteiger partial charge in [0, 0.05) is 23.1 Å². The molecule has 0 saturated heterocycles. The summed E-state index contributed by atoms with van der Waals surface area (Å²) in [7, 11) is 1.13. The Morgan fingerprint density at radius 3 is 2.56 bits per heavy atom. The number of aromatic nitrogens is 5. The topological polar surface area (TPSA) is 94.8 Å². The molecule has 0 bridgehead atoms. The third-order valence-electron chi connectivity index (χ3n) is 6.68. The monoisotopic (exact) mass is 574 g/mol. The molecule has 12 heteroatoms. The van der Waals surface area contributed by atoms with E-state index >= 15 is 0 Å². The smallest absolute Gasteiger partial charge is 0.421 e. The Kier molecular flexibility index (Phi) is 6.62. The number of pyridine rings is 2. The van der Waals surface area contributed by atoms with Crippen molar-refractivity contribution >= 4 is 38.3 Å². The van der Waals surface area contributed by atoms with Gasteiger partial charge < -0.3 is 10.1 Å². The summed E-state index contributed by atoms with van der Waals surface area (Å²) in [5.41, 5.74) is 2.58. The Morgan fingerprint density at radius 1 is 1.00 bits per heavy atom. The minimum atomic E-state index is -4.69. The fourth-order valence-electron chi connectivity index (χ4n) is 4.83. The van der Waals surface area contributed by atoms with Gasteiger partial charge in [-0.2, -0.15) is 13.2 Å². The van der Waals surface area contributed by atoms with E-state index in [1.165, 1.54) is 23.9 Å². The second kappa shape index (κ2) is 10.3. The number of methoxy groups -OCH3 is 1. The normalized spacial score (nSPS) is 12.5. The molecule has 4 heterocycles. The minimum absolute atomic E-state index is 0.145. The molecule has 0 spiro atoms. The first-order valence-corrected chi connectivity index (χ1v) is 13.3. The maximum absolute atomic E-state index is 14.3. The lowest BCUT2D eigenvalue weighted by atomic mass is 9.98. The van der Waals surface area contributed by atoms with Gasteiger partial charge in [-0.15, -0.1) is 11.3 Å². The van der Waals surface area contributed by atoms with E-state index in [4.69, 9.17) is 4.74 Å². The van der Waals surface area contributed by atoms with Crippen LogP contribution in [-0.2, 0) is 6.18 Å². The van der Waals surface area contributed by atoms with Crippen LogP contribution in [-0.4, -0.2) is 31.6 Å². The number of hydrogen-bond acceptors (Lipinski definition) is 8. The predicted octanol–water partition coefficient (Wildman–Crippen LogP) is 6.65. The molecule has 1 unspecified atom stereocenters. The van der Waals surface area contributed by atoms with Crippen LogP contribution in [0, 0.1) is 0 Å². The molecule has 1 atom stereocenters. The lowest BCUT2D eigenvalue weighted by molar-refractivity contribution is -0.139. The van der Waals surface area contributed by atoms with Gasteiger partial charge in [0.15, 0.2) is 5.82 Å². The number of anilines is 1. The molecule has 0 saturated carbocycles. The zero-order valence-electron chi connectivity index (χ0n) is 21.7. The van der Waals surface area contributed by atoms with E-state index in [2.05, 4.69) is 25.3 Å². The maximum Gasteiger partial charge on any atom is 0.421 e. The first-order valence-electron chi connectivity index (χ1n) is 12.4. The number of benzene rings is 2. The third kappa shape index (κ3) is 4.76. The van der Waals surface area contributed by atoms with Gasteiger partial charge >= 0.3 is 6.18 Å². The summed E-state index contributed by atoms with van der Waals surface area (Å²) in [5.74, 6) is -0.0158. The molecular weight excluding hydrogens is 553 g/mol. The molecular formula is C29H21F3N6O2S. The van der Waals surface area contributed by atoms with Crippen LogP contribution in [0.5, 0.6) is 5.88 Å². The van der Waals surface area contributed by atoms with Crippen LogP contribution in [0.15, 0.2) is 83.5 Å². The van der Waals surface area contributed by atoms with Crippen molar-refractivity contribution in [2.75, 3.05) is 12.4 Å². The SMILES string of the molecule is COc1ncc(-c2cccc3cc(C(C)Nc4ncnc5scnc45)n(-c4ccccc4)c(=O)c23)cc1C(F)(F)F. The largest absolute Gasteiger partial charge is 0.481 e. The second-order valence-corrected chi connectivity index (χ2v) is 10.0. The summed E-state index contributed by atoms with van der Waals surface area (Å²) in [6.45, 7) is 1.90. The van der Waals surface area contributed by atoms with Gasteiger partial charge in [-0.3, -0.25) is 9.36 Å². The van der Waals surface area contributed by atoms with Gasteiger partial charge in [-0.05, 0) is 42.1 Å². The Labute approximate surface area is 235 Å². The van der Waals surface area contributed by atoms with Crippen molar-refractivity contribution in [2.24, 2.45) is 0 Å². The van der Waals surface area contributed by atoms with Crippen molar-refractivity contribution in [1.82, 2.24) is 24.5 Å². The van der Waals surface area contributed by atoms with Gasteiger partial charge in [0.2, 0.25) is 5.88 Å². The third-order valence-corrected chi connectivity index (χ3v) is 7.42. The Morgan fingerprint density at radius 2 is 1.80 bits per heavy atom. The summed E-state index contributed by atoms with van der Waals surface area (Å²) in [6.07, 6.45) is -1.97. The fourth-order valence-corrected chi connectivity index (χ4v) is 5.46. The zero-order valence-corrected chi connectivity index (χ0v) is 22.5. The molecule has 6 aromatic rings. The number of alkyl halides is 3. The molecule has 1 N–H and O–H groups in total. The molecule has 2 aromatic carbocycles. The standard InChI is InChI=1S/C29H21F3N6O2S/c1-16(37-25-24-27(35-14-34-25)41-15-36-24)22-12-17-7-6-10-20(18-11-21(29(30,31)32)26(40-2)33-13-18)23(17)28(39)38(22)19-8-4-3-5-9-19/h3-16H,1-2H3,(H,34,35,37). The zero-order chi connectivity index (χ0) is 28.7.